The van der Waals surface area contributed by atoms with E-state index in [9.17, 15) is 14.7 Å². The van der Waals surface area contributed by atoms with Crippen LogP contribution in [0, 0.1) is 0 Å². The highest BCUT2D eigenvalue weighted by atomic mass is 16.6. The number of H-pyrrole nitrogens is 1. The van der Waals surface area contributed by atoms with Crippen LogP contribution in [0.25, 0.3) is 11.0 Å². The predicted octanol–water partition coefficient (Wildman–Crippen LogP) is 2.72. The highest BCUT2D eigenvalue weighted by Gasteiger charge is 2.50. The zero-order valence-corrected chi connectivity index (χ0v) is 17.0. The number of carbonyl (C=O) groups excluding carboxylic acids is 2. The lowest BCUT2D eigenvalue weighted by atomic mass is 9.93. The molecule has 1 atom stereocenters. The maximum absolute atomic E-state index is 13.4. The van der Waals surface area contributed by atoms with Gasteiger partial charge in [-0.2, -0.15) is 4.98 Å². The Morgan fingerprint density at radius 2 is 1.97 bits per heavy atom. The number of rotatable bonds is 3. The largest absolute Gasteiger partial charge is 0.414 e. The second-order valence-corrected chi connectivity index (χ2v) is 7.37. The molecule has 2 heterocycles. The van der Waals surface area contributed by atoms with Crippen LogP contribution < -0.4 is 20.7 Å². The molecule has 1 aliphatic rings. The average molecular weight is 429 g/mol. The number of nitrogens with one attached hydrogen (secondary N) is 2. The summed E-state index contributed by atoms with van der Waals surface area (Å²) in [5, 5.41) is 14.4. The fourth-order valence-corrected chi connectivity index (χ4v) is 4.00. The number of hydrogen-bond donors (Lipinski definition) is 4. The van der Waals surface area contributed by atoms with E-state index >= 15 is 0 Å². The van der Waals surface area contributed by atoms with Gasteiger partial charge in [0.2, 0.25) is 0 Å². The third-order valence-corrected chi connectivity index (χ3v) is 5.44. The quantitative estimate of drug-likeness (QED) is 0.370. The van der Waals surface area contributed by atoms with E-state index in [2.05, 4.69) is 15.3 Å². The SMILES string of the molecule is CNC(=O)Oc1nc2ccc(C3(O)c4ccccc4C(=O)N3c3cccc(N)c3)cc2[nH]1. The van der Waals surface area contributed by atoms with Gasteiger partial charge < -0.3 is 25.9 Å². The van der Waals surface area contributed by atoms with Crippen molar-refractivity contribution in [3.63, 3.8) is 0 Å². The third kappa shape index (κ3) is 2.87. The number of ether oxygens (including phenoxy) is 1. The normalized spacial score (nSPS) is 17.4. The van der Waals surface area contributed by atoms with Crippen molar-refractivity contribution >= 4 is 34.4 Å². The molecule has 32 heavy (non-hydrogen) atoms. The van der Waals surface area contributed by atoms with Gasteiger partial charge >= 0.3 is 12.1 Å². The van der Waals surface area contributed by atoms with E-state index in [1.54, 1.807) is 66.7 Å². The first-order chi connectivity index (χ1) is 15.4. The van der Waals surface area contributed by atoms with Crippen LogP contribution in [-0.2, 0) is 5.72 Å². The fraction of sp³-hybridized carbons (Fsp3) is 0.0870. The van der Waals surface area contributed by atoms with Crippen molar-refractivity contribution in [3.05, 3.63) is 83.4 Å². The zero-order valence-electron chi connectivity index (χ0n) is 17.0. The van der Waals surface area contributed by atoms with E-state index in [-0.39, 0.29) is 11.9 Å². The highest BCUT2D eigenvalue weighted by Crippen LogP contribution is 2.45. The van der Waals surface area contributed by atoms with E-state index in [1.165, 1.54) is 11.9 Å². The van der Waals surface area contributed by atoms with E-state index in [1.807, 2.05) is 0 Å². The van der Waals surface area contributed by atoms with Crippen LogP contribution in [0.15, 0.2) is 66.7 Å². The Bertz CT molecular complexity index is 1380. The van der Waals surface area contributed by atoms with Crippen molar-refractivity contribution in [2.24, 2.45) is 0 Å². The van der Waals surface area contributed by atoms with Gasteiger partial charge in [-0.25, -0.2) is 4.79 Å². The van der Waals surface area contributed by atoms with Gasteiger partial charge in [-0.3, -0.25) is 9.69 Å². The van der Waals surface area contributed by atoms with Crippen LogP contribution in [0.2, 0.25) is 0 Å². The van der Waals surface area contributed by atoms with Gasteiger partial charge in [0, 0.05) is 35.1 Å². The van der Waals surface area contributed by atoms with Crippen molar-refractivity contribution < 1.29 is 19.4 Å². The molecule has 0 saturated carbocycles. The number of fused-ring (bicyclic) bond motifs is 2. The van der Waals surface area contributed by atoms with Crippen molar-refractivity contribution in [2.75, 3.05) is 17.7 Å². The monoisotopic (exact) mass is 429 g/mol. The van der Waals surface area contributed by atoms with Gasteiger partial charge in [0.1, 0.15) is 0 Å². The molecule has 160 valence electrons. The maximum Gasteiger partial charge on any atom is 0.414 e. The first-order valence-corrected chi connectivity index (χ1v) is 9.83. The Kier molecular flexibility index (Phi) is 4.35. The minimum Gasteiger partial charge on any atom is -0.399 e. The predicted molar refractivity (Wildman–Crippen MR) is 118 cm³/mol. The minimum atomic E-state index is -1.79. The summed E-state index contributed by atoms with van der Waals surface area (Å²) in [5.41, 5.74) is 7.43. The molecule has 0 fully saturated rings. The Morgan fingerprint density at radius 1 is 1.16 bits per heavy atom. The number of amides is 2. The molecule has 0 spiro atoms. The molecule has 0 aliphatic carbocycles. The molecule has 0 saturated heterocycles. The number of nitrogens with zero attached hydrogens (tertiary/aromatic N) is 2. The molecule has 0 radical (unpaired) electrons. The molecule has 1 aromatic heterocycles. The van der Waals surface area contributed by atoms with E-state index in [0.717, 1.165) is 0 Å². The summed E-state index contributed by atoms with van der Waals surface area (Å²) in [6.07, 6.45) is -0.661. The molecular formula is C23H19N5O4. The molecule has 5 N–H and O–H groups in total. The number of anilines is 2. The van der Waals surface area contributed by atoms with E-state index in [4.69, 9.17) is 10.5 Å². The Balaban J connectivity index is 1.68. The molecular weight excluding hydrogens is 410 g/mol. The number of nitrogens with two attached hydrogens (primary N) is 1. The molecule has 1 aliphatic heterocycles. The van der Waals surface area contributed by atoms with Crippen molar-refractivity contribution in [1.82, 2.24) is 15.3 Å². The lowest BCUT2D eigenvalue weighted by molar-refractivity contribution is 0.0704. The molecule has 1 unspecified atom stereocenters. The molecule has 4 aromatic rings. The lowest BCUT2D eigenvalue weighted by Gasteiger charge is -2.35. The number of aliphatic hydroxyl groups is 1. The number of nitrogen functional groups attached to an aromatic ring is 1. The Hall–Kier alpha value is -4.37. The third-order valence-electron chi connectivity index (χ3n) is 5.44. The zero-order chi connectivity index (χ0) is 22.5. The van der Waals surface area contributed by atoms with Crippen LogP contribution in [0.3, 0.4) is 0 Å². The minimum absolute atomic E-state index is 0.0130. The van der Waals surface area contributed by atoms with Crippen molar-refractivity contribution in [2.45, 2.75) is 5.72 Å². The molecule has 5 rings (SSSR count). The summed E-state index contributed by atoms with van der Waals surface area (Å²) in [6.45, 7) is 0. The van der Waals surface area contributed by atoms with Gasteiger partial charge in [0.25, 0.3) is 5.91 Å². The molecule has 2 amide bonds. The van der Waals surface area contributed by atoms with Gasteiger partial charge in [0.15, 0.2) is 5.72 Å². The number of hydrogen-bond acceptors (Lipinski definition) is 6. The highest BCUT2D eigenvalue weighted by molar-refractivity contribution is 6.12. The average Bonchev–Trinajstić information content (AvgIpc) is 3.29. The van der Waals surface area contributed by atoms with Crippen molar-refractivity contribution in [3.8, 4) is 6.01 Å². The van der Waals surface area contributed by atoms with Gasteiger partial charge in [-0.05, 0) is 36.4 Å². The smallest absolute Gasteiger partial charge is 0.399 e. The number of aromatic amines is 1. The summed E-state index contributed by atoms with van der Waals surface area (Å²) < 4.78 is 5.06. The van der Waals surface area contributed by atoms with Crippen LogP contribution in [0.1, 0.15) is 21.5 Å². The summed E-state index contributed by atoms with van der Waals surface area (Å²) in [4.78, 5) is 33.3. The van der Waals surface area contributed by atoms with Gasteiger partial charge in [-0.1, -0.05) is 30.3 Å². The molecule has 0 bridgehead atoms. The number of carbonyl (C=O) groups is 2. The standard InChI is InChI=1S/C23H19N5O4/c1-25-22(30)32-21-26-18-10-9-13(11-19(18)27-21)23(31)17-8-3-2-7-16(17)20(29)28(23)15-6-4-5-14(24)12-15/h2-12,31H,24H2,1H3,(H,25,30)(H,26,27). The Labute approximate surface area is 182 Å². The van der Waals surface area contributed by atoms with Crippen molar-refractivity contribution in [1.29, 1.82) is 0 Å². The number of aromatic nitrogens is 2. The first-order valence-electron chi connectivity index (χ1n) is 9.83. The second-order valence-electron chi connectivity index (χ2n) is 7.37. The number of imidazole rings is 1. The van der Waals surface area contributed by atoms with Gasteiger partial charge in [-0.15, -0.1) is 0 Å². The van der Waals surface area contributed by atoms with Gasteiger partial charge in [0.05, 0.1) is 11.0 Å². The topological polar surface area (TPSA) is 134 Å². The summed E-state index contributed by atoms with van der Waals surface area (Å²) in [7, 11) is 1.44. The maximum atomic E-state index is 13.4. The lowest BCUT2D eigenvalue weighted by Crippen LogP contribution is -2.45. The van der Waals surface area contributed by atoms with E-state index < -0.39 is 11.8 Å². The second kappa shape index (κ2) is 7.10. The fourth-order valence-electron chi connectivity index (χ4n) is 4.00. The first kappa shape index (κ1) is 19.6. The van der Waals surface area contributed by atoms with E-state index in [0.29, 0.717) is 39.1 Å². The molecule has 9 heteroatoms. The van der Waals surface area contributed by atoms with Crippen LogP contribution in [0.5, 0.6) is 6.01 Å². The summed E-state index contributed by atoms with van der Waals surface area (Å²) >= 11 is 0. The number of benzene rings is 3. The summed E-state index contributed by atoms with van der Waals surface area (Å²) in [6, 6.07) is 18.8. The Morgan fingerprint density at radius 3 is 2.75 bits per heavy atom. The van der Waals surface area contributed by atoms with Crippen LogP contribution >= 0.6 is 0 Å². The van der Waals surface area contributed by atoms with Crippen LogP contribution in [0.4, 0.5) is 16.2 Å². The summed E-state index contributed by atoms with van der Waals surface area (Å²) in [5.74, 6) is -0.345. The molecule has 9 nitrogen and oxygen atoms in total. The van der Waals surface area contributed by atoms with Crippen LogP contribution in [-0.4, -0.2) is 34.1 Å². The molecule has 3 aromatic carbocycles.